The number of halogens is 1. The molecule has 4 heteroatoms. The summed E-state index contributed by atoms with van der Waals surface area (Å²) in [5, 5.41) is 0.964. The molecule has 3 atom stereocenters. The molecule has 86 valence electrons. The third-order valence-corrected chi connectivity index (χ3v) is 3.11. The van der Waals surface area contributed by atoms with Crippen molar-refractivity contribution in [3.8, 4) is 0 Å². The number of alkyl halides is 1. The minimum absolute atomic E-state index is 0.122. The summed E-state index contributed by atoms with van der Waals surface area (Å²) in [7, 11) is 1.38. The Labute approximate surface area is 98.9 Å². The Morgan fingerprint density at radius 1 is 1.53 bits per heavy atom. The maximum Gasteiger partial charge on any atom is 0.339 e. The van der Waals surface area contributed by atoms with Crippen molar-refractivity contribution in [1.82, 2.24) is 0 Å². The van der Waals surface area contributed by atoms with Crippen LogP contribution in [0.2, 0.25) is 0 Å². The van der Waals surface area contributed by atoms with Gasteiger partial charge >= 0.3 is 5.97 Å². The van der Waals surface area contributed by atoms with Gasteiger partial charge in [0.15, 0.2) is 6.10 Å². The largest absolute Gasteiger partial charge is 0.467 e. The van der Waals surface area contributed by atoms with Crippen molar-refractivity contribution in [1.29, 1.82) is 0 Å². The van der Waals surface area contributed by atoms with Crippen LogP contribution in [-0.2, 0) is 14.3 Å². The van der Waals surface area contributed by atoms with Crippen molar-refractivity contribution >= 4 is 21.9 Å². The quantitative estimate of drug-likeness (QED) is 0.449. The fraction of sp³-hybridized carbons (Fsp3) is 0.727. The SMILES string of the molecule is COC(=O)[C@H]1C=C[C@@H](C)[C@@H](CCCBr)O1. The molecule has 0 bridgehead atoms. The molecular formula is C11H17BrO3. The normalized spacial score (nSPS) is 30.2. The second-order valence-corrected chi connectivity index (χ2v) is 4.49. The fourth-order valence-electron chi connectivity index (χ4n) is 1.62. The van der Waals surface area contributed by atoms with Crippen LogP contribution in [0.4, 0.5) is 0 Å². The topological polar surface area (TPSA) is 35.5 Å². The van der Waals surface area contributed by atoms with Gasteiger partial charge in [-0.05, 0) is 18.9 Å². The summed E-state index contributed by atoms with van der Waals surface area (Å²) in [5.41, 5.74) is 0. The number of hydrogen-bond donors (Lipinski definition) is 0. The van der Waals surface area contributed by atoms with Crippen molar-refractivity contribution in [2.24, 2.45) is 5.92 Å². The number of carbonyl (C=O) groups excluding carboxylic acids is 1. The molecule has 1 rings (SSSR count). The van der Waals surface area contributed by atoms with Gasteiger partial charge in [-0.25, -0.2) is 4.79 Å². The number of rotatable bonds is 4. The maximum atomic E-state index is 11.3. The molecule has 0 spiro atoms. The van der Waals surface area contributed by atoms with Crippen molar-refractivity contribution in [2.75, 3.05) is 12.4 Å². The van der Waals surface area contributed by atoms with E-state index in [1.165, 1.54) is 7.11 Å². The van der Waals surface area contributed by atoms with Gasteiger partial charge in [-0.3, -0.25) is 0 Å². The Bertz CT molecular complexity index is 240. The number of ether oxygens (including phenoxy) is 2. The van der Waals surface area contributed by atoms with E-state index in [0.29, 0.717) is 5.92 Å². The average molecular weight is 277 g/mol. The molecule has 3 nitrogen and oxygen atoms in total. The molecule has 0 aromatic heterocycles. The summed E-state index contributed by atoms with van der Waals surface area (Å²) in [6.45, 7) is 2.10. The minimum Gasteiger partial charge on any atom is -0.467 e. The van der Waals surface area contributed by atoms with E-state index >= 15 is 0 Å². The zero-order valence-corrected chi connectivity index (χ0v) is 10.7. The van der Waals surface area contributed by atoms with Crippen molar-refractivity contribution in [3.63, 3.8) is 0 Å². The first-order chi connectivity index (χ1) is 7.19. The standard InChI is InChI=1S/C11H17BrO3/c1-8-5-6-10(11(13)14-2)15-9(8)4-3-7-12/h5-6,8-10H,3-4,7H2,1-2H3/t8-,9-,10-/m1/s1. The van der Waals surface area contributed by atoms with Crippen LogP contribution in [0.25, 0.3) is 0 Å². The molecule has 0 aromatic rings. The van der Waals surface area contributed by atoms with E-state index < -0.39 is 6.10 Å². The van der Waals surface area contributed by atoms with Crippen molar-refractivity contribution < 1.29 is 14.3 Å². The molecule has 0 aromatic carbocycles. The van der Waals surface area contributed by atoms with Crippen molar-refractivity contribution in [3.05, 3.63) is 12.2 Å². The van der Waals surface area contributed by atoms with Gasteiger partial charge < -0.3 is 9.47 Å². The van der Waals surface area contributed by atoms with E-state index in [9.17, 15) is 4.79 Å². The van der Waals surface area contributed by atoms with Crippen LogP contribution in [0.5, 0.6) is 0 Å². The molecule has 1 heterocycles. The van der Waals surface area contributed by atoms with Gasteiger partial charge in [-0.15, -0.1) is 0 Å². The van der Waals surface area contributed by atoms with Gasteiger partial charge in [-0.1, -0.05) is 28.9 Å². The van der Waals surface area contributed by atoms with E-state index in [0.717, 1.165) is 18.2 Å². The third kappa shape index (κ3) is 3.61. The van der Waals surface area contributed by atoms with E-state index in [2.05, 4.69) is 27.6 Å². The van der Waals surface area contributed by atoms with Crippen LogP contribution in [0.15, 0.2) is 12.2 Å². The van der Waals surface area contributed by atoms with Crippen LogP contribution in [0, 0.1) is 5.92 Å². The molecule has 0 amide bonds. The highest BCUT2D eigenvalue weighted by molar-refractivity contribution is 9.09. The van der Waals surface area contributed by atoms with E-state index in [4.69, 9.17) is 4.74 Å². The Morgan fingerprint density at radius 2 is 2.27 bits per heavy atom. The summed E-state index contributed by atoms with van der Waals surface area (Å²) >= 11 is 3.39. The first kappa shape index (κ1) is 12.7. The van der Waals surface area contributed by atoms with Crippen LogP contribution in [0.1, 0.15) is 19.8 Å². The average Bonchev–Trinajstić information content (AvgIpc) is 2.27. The Kier molecular flexibility index (Phi) is 5.32. The van der Waals surface area contributed by atoms with Gasteiger partial charge in [0.1, 0.15) is 0 Å². The maximum absolute atomic E-state index is 11.3. The van der Waals surface area contributed by atoms with E-state index in [1.807, 2.05) is 6.08 Å². The zero-order chi connectivity index (χ0) is 11.3. The molecule has 0 saturated heterocycles. The molecule has 1 aliphatic rings. The second-order valence-electron chi connectivity index (χ2n) is 3.69. The van der Waals surface area contributed by atoms with Crippen molar-refractivity contribution in [2.45, 2.75) is 32.0 Å². The van der Waals surface area contributed by atoms with Crippen LogP contribution >= 0.6 is 15.9 Å². The monoisotopic (exact) mass is 276 g/mol. The third-order valence-electron chi connectivity index (χ3n) is 2.55. The van der Waals surface area contributed by atoms with Gasteiger partial charge in [0, 0.05) is 11.2 Å². The zero-order valence-electron chi connectivity index (χ0n) is 9.11. The predicted octanol–water partition coefficient (Wildman–Crippen LogP) is 2.29. The number of hydrogen-bond acceptors (Lipinski definition) is 3. The molecular weight excluding hydrogens is 260 g/mol. The molecule has 0 unspecified atom stereocenters. The Balaban J connectivity index is 2.53. The van der Waals surface area contributed by atoms with Gasteiger partial charge in [0.2, 0.25) is 0 Å². The lowest BCUT2D eigenvalue weighted by atomic mass is 9.96. The summed E-state index contributed by atoms with van der Waals surface area (Å²) < 4.78 is 10.3. The van der Waals surface area contributed by atoms with Crippen LogP contribution < -0.4 is 0 Å². The number of esters is 1. The first-order valence-corrected chi connectivity index (χ1v) is 6.28. The summed E-state index contributed by atoms with van der Waals surface area (Å²) in [5.74, 6) is 0.0481. The molecule has 0 fully saturated rings. The molecule has 0 radical (unpaired) electrons. The van der Waals surface area contributed by atoms with E-state index in [-0.39, 0.29) is 12.1 Å². The summed E-state index contributed by atoms with van der Waals surface area (Å²) in [4.78, 5) is 11.3. The predicted molar refractivity (Wildman–Crippen MR) is 62.0 cm³/mol. The molecule has 0 aliphatic carbocycles. The Morgan fingerprint density at radius 3 is 2.87 bits per heavy atom. The minimum atomic E-state index is -0.522. The summed E-state index contributed by atoms with van der Waals surface area (Å²) in [6, 6.07) is 0. The highest BCUT2D eigenvalue weighted by Crippen LogP contribution is 2.23. The molecule has 1 aliphatic heterocycles. The molecule has 0 saturated carbocycles. The lowest BCUT2D eigenvalue weighted by Gasteiger charge is -2.29. The second kappa shape index (κ2) is 6.28. The number of methoxy groups -OCH3 is 1. The molecule has 0 N–H and O–H groups in total. The van der Waals surface area contributed by atoms with Gasteiger partial charge in [0.25, 0.3) is 0 Å². The smallest absolute Gasteiger partial charge is 0.339 e. The highest BCUT2D eigenvalue weighted by atomic mass is 79.9. The Hall–Kier alpha value is -0.350. The fourth-order valence-corrected chi connectivity index (χ4v) is 1.94. The highest BCUT2D eigenvalue weighted by Gasteiger charge is 2.28. The van der Waals surface area contributed by atoms with Crippen LogP contribution in [0.3, 0.4) is 0 Å². The lowest BCUT2D eigenvalue weighted by Crippen LogP contribution is -2.35. The van der Waals surface area contributed by atoms with Crippen LogP contribution in [-0.4, -0.2) is 30.6 Å². The van der Waals surface area contributed by atoms with Gasteiger partial charge in [0.05, 0.1) is 13.2 Å². The first-order valence-electron chi connectivity index (χ1n) is 5.16. The van der Waals surface area contributed by atoms with E-state index in [1.54, 1.807) is 6.08 Å². The summed E-state index contributed by atoms with van der Waals surface area (Å²) in [6.07, 6.45) is 5.43. The lowest BCUT2D eigenvalue weighted by molar-refractivity contribution is -0.156. The molecule has 15 heavy (non-hydrogen) atoms. The van der Waals surface area contributed by atoms with Gasteiger partial charge in [-0.2, -0.15) is 0 Å². The number of carbonyl (C=O) groups is 1.